The molecule has 1 saturated heterocycles. The summed E-state index contributed by atoms with van der Waals surface area (Å²) in [5.74, 6) is 2.40. The number of aryl methyl sites for hydroxylation is 1. The van der Waals surface area contributed by atoms with Crippen LogP contribution in [0.2, 0.25) is 0 Å². The van der Waals surface area contributed by atoms with E-state index in [1.807, 2.05) is 29.2 Å². The number of benzene rings is 2. The Balaban J connectivity index is 1.40. The number of carbonyl (C=O) groups excluding carboxylic acids is 2. The molecule has 2 amide bonds. The summed E-state index contributed by atoms with van der Waals surface area (Å²) in [6.45, 7) is 2.01. The van der Waals surface area contributed by atoms with Gasteiger partial charge in [-0.15, -0.1) is 0 Å². The SMILES string of the molecule is COc1ccc(CCC(=O)NCC2CCN(C(=O)c3ccc(OC)c(OC)c3)CC2)cc1. The van der Waals surface area contributed by atoms with Gasteiger partial charge in [0.15, 0.2) is 11.5 Å². The Morgan fingerprint density at radius 1 is 0.938 bits per heavy atom. The number of nitrogens with one attached hydrogen (secondary N) is 1. The van der Waals surface area contributed by atoms with Crippen molar-refractivity contribution in [2.45, 2.75) is 25.7 Å². The molecule has 0 bridgehead atoms. The minimum Gasteiger partial charge on any atom is -0.497 e. The standard InChI is InChI=1S/C25H32N2O5/c1-30-21-8-4-18(5-9-21)6-11-24(28)26-17-19-12-14-27(15-13-19)25(29)20-7-10-22(31-2)23(16-20)32-3/h4-5,7-10,16,19H,6,11-15,17H2,1-3H3,(H,26,28). The zero-order chi connectivity index (χ0) is 22.9. The van der Waals surface area contributed by atoms with E-state index in [9.17, 15) is 9.59 Å². The van der Waals surface area contributed by atoms with Gasteiger partial charge in [0.2, 0.25) is 5.91 Å². The Morgan fingerprint density at radius 2 is 1.62 bits per heavy atom. The van der Waals surface area contributed by atoms with Crippen molar-refractivity contribution in [3.05, 3.63) is 53.6 Å². The molecule has 7 nitrogen and oxygen atoms in total. The fourth-order valence-corrected chi connectivity index (χ4v) is 3.89. The van der Waals surface area contributed by atoms with Crippen LogP contribution in [0.4, 0.5) is 0 Å². The lowest BCUT2D eigenvalue weighted by Crippen LogP contribution is -2.41. The zero-order valence-electron chi connectivity index (χ0n) is 19.1. The molecule has 0 unspecified atom stereocenters. The first-order chi connectivity index (χ1) is 15.5. The Morgan fingerprint density at radius 3 is 2.25 bits per heavy atom. The number of hydrogen-bond acceptors (Lipinski definition) is 5. The van der Waals surface area contributed by atoms with Crippen molar-refractivity contribution in [2.24, 2.45) is 5.92 Å². The highest BCUT2D eigenvalue weighted by molar-refractivity contribution is 5.95. The molecular formula is C25H32N2O5. The summed E-state index contributed by atoms with van der Waals surface area (Å²) in [5.41, 5.74) is 1.70. The van der Waals surface area contributed by atoms with E-state index < -0.39 is 0 Å². The number of likely N-dealkylation sites (tertiary alicyclic amines) is 1. The van der Waals surface area contributed by atoms with Crippen LogP contribution in [-0.2, 0) is 11.2 Å². The van der Waals surface area contributed by atoms with Gasteiger partial charge in [0.25, 0.3) is 5.91 Å². The Hall–Kier alpha value is -3.22. The molecule has 1 N–H and O–H groups in total. The second-order valence-corrected chi connectivity index (χ2v) is 7.96. The highest BCUT2D eigenvalue weighted by atomic mass is 16.5. The average molecular weight is 441 g/mol. The first-order valence-corrected chi connectivity index (χ1v) is 10.9. The van der Waals surface area contributed by atoms with Gasteiger partial charge in [0, 0.05) is 31.6 Å². The number of rotatable bonds is 9. The van der Waals surface area contributed by atoms with Crippen LogP contribution in [0.1, 0.15) is 35.2 Å². The van der Waals surface area contributed by atoms with Crippen LogP contribution in [0.15, 0.2) is 42.5 Å². The van der Waals surface area contributed by atoms with E-state index in [1.165, 1.54) is 0 Å². The predicted octanol–water partition coefficient (Wildman–Crippen LogP) is 3.31. The highest BCUT2D eigenvalue weighted by Gasteiger charge is 2.24. The maximum absolute atomic E-state index is 12.9. The third-order valence-electron chi connectivity index (χ3n) is 5.92. The monoisotopic (exact) mass is 440 g/mol. The lowest BCUT2D eigenvalue weighted by molar-refractivity contribution is -0.121. The fourth-order valence-electron chi connectivity index (χ4n) is 3.89. The number of methoxy groups -OCH3 is 3. The van der Waals surface area contributed by atoms with Gasteiger partial charge in [0.1, 0.15) is 5.75 Å². The van der Waals surface area contributed by atoms with E-state index in [-0.39, 0.29) is 11.8 Å². The summed E-state index contributed by atoms with van der Waals surface area (Å²) in [7, 11) is 4.77. The van der Waals surface area contributed by atoms with Crippen LogP contribution in [0.25, 0.3) is 0 Å². The molecule has 2 aromatic carbocycles. The second-order valence-electron chi connectivity index (χ2n) is 7.96. The molecule has 1 aliphatic heterocycles. The summed E-state index contributed by atoms with van der Waals surface area (Å²) in [4.78, 5) is 26.9. The quantitative estimate of drug-likeness (QED) is 0.647. The summed E-state index contributed by atoms with van der Waals surface area (Å²) in [6, 6.07) is 13.0. The summed E-state index contributed by atoms with van der Waals surface area (Å²) < 4.78 is 15.7. The largest absolute Gasteiger partial charge is 0.497 e. The van der Waals surface area contributed by atoms with E-state index in [1.54, 1.807) is 39.5 Å². The zero-order valence-corrected chi connectivity index (χ0v) is 19.1. The second kappa shape index (κ2) is 11.4. The third kappa shape index (κ3) is 6.15. The van der Waals surface area contributed by atoms with Gasteiger partial charge in [-0.05, 0) is 61.1 Å². The number of hydrogen-bond donors (Lipinski definition) is 1. The van der Waals surface area contributed by atoms with Crippen LogP contribution < -0.4 is 19.5 Å². The van der Waals surface area contributed by atoms with E-state index in [4.69, 9.17) is 14.2 Å². The average Bonchev–Trinajstić information content (AvgIpc) is 2.85. The van der Waals surface area contributed by atoms with Gasteiger partial charge in [-0.1, -0.05) is 12.1 Å². The molecule has 1 aliphatic rings. The number of ether oxygens (including phenoxy) is 3. The number of carbonyl (C=O) groups is 2. The first kappa shape index (κ1) is 23.4. The van der Waals surface area contributed by atoms with Crippen LogP contribution in [-0.4, -0.2) is 57.7 Å². The van der Waals surface area contributed by atoms with Crippen molar-refractivity contribution in [1.82, 2.24) is 10.2 Å². The van der Waals surface area contributed by atoms with Gasteiger partial charge in [-0.3, -0.25) is 9.59 Å². The van der Waals surface area contributed by atoms with Crippen molar-refractivity contribution in [2.75, 3.05) is 41.0 Å². The smallest absolute Gasteiger partial charge is 0.253 e. The first-order valence-electron chi connectivity index (χ1n) is 10.9. The Kier molecular flexibility index (Phi) is 8.36. The molecule has 0 radical (unpaired) electrons. The fraction of sp³-hybridized carbons (Fsp3) is 0.440. The van der Waals surface area contributed by atoms with Crippen molar-refractivity contribution >= 4 is 11.8 Å². The lowest BCUT2D eigenvalue weighted by atomic mass is 9.96. The van der Waals surface area contributed by atoms with E-state index >= 15 is 0 Å². The minimum absolute atomic E-state index is 0.00655. The number of nitrogens with zero attached hydrogens (tertiary/aromatic N) is 1. The molecule has 7 heteroatoms. The molecule has 2 aromatic rings. The molecule has 0 spiro atoms. The molecule has 172 valence electrons. The van der Waals surface area contributed by atoms with Crippen LogP contribution in [0, 0.1) is 5.92 Å². The number of amides is 2. The minimum atomic E-state index is -0.00655. The molecule has 0 atom stereocenters. The Labute approximate surface area is 189 Å². The number of piperidine rings is 1. The maximum atomic E-state index is 12.9. The maximum Gasteiger partial charge on any atom is 0.253 e. The van der Waals surface area contributed by atoms with E-state index in [2.05, 4.69) is 5.32 Å². The van der Waals surface area contributed by atoms with Gasteiger partial charge < -0.3 is 24.4 Å². The molecule has 0 aromatic heterocycles. The van der Waals surface area contributed by atoms with E-state index in [0.717, 1.165) is 24.2 Å². The molecule has 1 heterocycles. The van der Waals surface area contributed by atoms with E-state index in [0.29, 0.717) is 55.5 Å². The summed E-state index contributed by atoms with van der Waals surface area (Å²) in [6.07, 6.45) is 2.91. The van der Waals surface area contributed by atoms with Gasteiger partial charge in [-0.2, -0.15) is 0 Å². The normalized spacial score (nSPS) is 14.0. The van der Waals surface area contributed by atoms with Crippen LogP contribution in [0.5, 0.6) is 17.2 Å². The topological polar surface area (TPSA) is 77.1 Å². The van der Waals surface area contributed by atoms with Crippen molar-refractivity contribution < 1.29 is 23.8 Å². The van der Waals surface area contributed by atoms with Crippen molar-refractivity contribution in [1.29, 1.82) is 0 Å². The van der Waals surface area contributed by atoms with Gasteiger partial charge in [0.05, 0.1) is 21.3 Å². The molecule has 32 heavy (non-hydrogen) atoms. The van der Waals surface area contributed by atoms with Crippen molar-refractivity contribution in [3.8, 4) is 17.2 Å². The van der Waals surface area contributed by atoms with Gasteiger partial charge >= 0.3 is 0 Å². The molecule has 3 rings (SSSR count). The molecule has 0 saturated carbocycles. The van der Waals surface area contributed by atoms with Gasteiger partial charge in [-0.25, -0.2) is 0 Å². The predicted molar refractivity (Wildman–Crippen MR) is 122 cm³/mol. The third-order valence-corrected chi connectivity index (χ3v) is 5.92. The highest BCUT2D eigenvalue weighted by Crippen LogP contribution is 2.28. The summed E-state index contributed by atoms with van der Waals surface area (Å²) >= 11 is 0. The van der Waals surface area contributed by atoms with Crippen LogP contribution in [0.3, 0.4) is 0 Å². The van der Waals surface area contributed by atoms with Crippen LogP contribution >= 0.6 is 0 Å². The van der Waals surface area contributed by atoms with Crippen molar-refractivity contribution in [3.63, 3.8) is 0 Å². The Bertz CT molecular complexity index is 905. The lowest BCUT2D eigenvalue weighted by Gasteiger charge is -2.32. The molecule has 0 aliphatic carbocycles. The molecular weight excluding hydrogens is 408 g/mol. The molecule has 1 fully saturated rings. The summed E-state index contributed by atoms with van der Waals surface area (Å²) in [5, 5.41) is 3.05.